The maximum Gasteiger partial charge on any atom is 0.263 e. The van der Waals surface area contributed by atoms with Crippen LogP contribution in [0.15, 0.2) is 53.4 Å². The fourth-order valence-electron chi connectivity index (χ4n) is 2.28. The largest absolute Gasteiger partial charge is 0.493 e. The summed E-state index contributed by atoms with van der Waals surface area (Å²) >= 11 is 6.24. The number of benzene rings is 2. The Morgan fingerprint density at radius 3 is 2.38 bits per heavy atom. The van der Waals surface area contributed by atoms with Crippen molar-refractivity contribution in [2.75, 3.05) is 20.3 Å². The van der Waals surface area contributed by atoms with Gasteiger partial charge in [-0.2, -0.15) is 0 Å². The molecule has 0 aliphatic carbocycles. The lowest BCUT2D eigenvalue weighted by Crippen LogP contribution is -2.17. The third-order valence-corrected chi connectivity index (χ3v) is 4.66. The van der Waals surface area contributed by atoms with E-state index in [-0.39, 0.29) is 5.91 Å². The second-order valence-electron chi connectivity index (χ2n) is 5.27. The summed E-state index contributed by atoms with van der Waals surface area (Å²) in [6.07, 6.45) is 1.80. The van der Waals surface area contributed by atoms with Gasteiger partial charge in [-0.1, -0.05) is 48.2 Å². The van der Waals surface area contributed by atoms with Crippen LogP contribution in [-0.2, 0) is 4.79 Å². The van der Waals surface area contributed by atoms with Gasteiger partial charge in [-0.25, -0.2) is 0 Å². The topological polar surface area (TPSA) is 56.8 Å². The molecule has 1 saturated heterocycles. The summed E-state index contributed by atoms with van der Waals surface area (Å²) in [5.41, 5.74) is 0.907. The lowest BCUT2D eigenvalue weighted by atomic mass is 10.2. The lowest BCUT2D eigenvalue weighted by molar-refractivity contribution is -0.115. The van der Waals surface area contributed by atoms with Gasteiger partial charge in [-0.15, -0.1) is 0 Å². The van der Waals surface area contributed by atoms with E-state index in [2.05, 4.69) is 5.32 Å². The molecule has 1 aliphatic rings. The minimum Gasteiger partial charge on any atom is -0.493 e. The van der Waals surface area contributed by atoms with Gasteiger partial charge in [-0.05, 0) is 35.9 Å². The van der Waals surface area contributed by atoms with E-state index in [0.29, 0.717) is 33.9 Å². The Morgan fingerprint density at radius 2 is 1.73 bits per heavy atom. The third kappa shape index (κ3) is 4.77. The molecule has 2 aromatic rings. The van der Waals surface area contributed by atoms with E-state index < -0.39 is 0 Å². The minimum absolute atomic E-state index is 0.159. The quantitative estimate of drug-likeness (QED) is 0.445. The van der Waals surface area contributed by atoms with Crippen LogP contribution >= 0.6 is 24.0 Å². The normalized spacial score (nSPS) is 15.0. The number of carbonyl (C=O) groups is 1. The molecule has 1 fully saturated rings. The van der Waals surface area contributed by atoms with Crippen LogP contribution in [0.3, 0.4) is 0 Å². The average molecular weight is 387 g/mol. The predicted molar refractivity (Wildman–Crippen MR) is 107 cm³/mol. The molecular weight excluding hydrogens is 370 g/mol. The lowest BCUT2D eigenvalue weighted by Gasteiger charge is -2.11. The summed E-state index contributed by atoms with van der Waals surface area (Å²) in [5, 5.41) is 2.59. The Bertz CT molecular complexity index is 834. The fourth-order valence-corrected chi connectivity index (χ4v) is 3.33. The summed E-state index contributed by atoms with van der Waals surface area (Å²) in [6.45, 7) is 0.811. The fraction of sp³-hybridized carbons (Fsp3) is 0.158. The van der Waals surface area contributed by atoms with Gasteiger partial charge in [0.1, 0.15) is 23.3 Å². The summed E-state index contributed by atoms with van der Waals surface area (Å²) in [4.78, 5) is 12.2. The molecular formula is C19H17NO4S2. The van der Waals surface area contributed by atoms with Crippen LogP contribution in [0.1, 0.15) is 5.56 Å². The van der Waals surface area contributed by atoms with Crippen LogP contribution in [0.2, 0.25) is 0 Å². The smallest absolute Gasteiger partial charge is 0.263 e. The molecule has 0 atom stereocenters. The predicted octanol–water partition coefficient (Wildman–Crippen LogP) is 3.64. The molecule has 134 valence electrons. The Balaban J connectivity index is 1.50. The van der Waals surface area contributed by atoms with Crippen molar-refractivity contribution in [3.8, 4) is 17.2 Å². The molecule has 0 radical (unpaired) electrons. The number of thioether (sulfide) groups is 1. The summed E-state index contributed by atoms with van der Waals surface area (Å²) in [7, 11) is 1.61. The highest BCUT2D eigenvalue weighted by Crippen LogP contribution is 2.27. The van der Waals surface area contributed by atoms with Gasteiger partial charge in [0.2, 0.25) is 0 Å². The number of carbonyl (C=O) groups excluding carboxylic acids is 1. The Labute approximate surface area is 161 Å². The van der Waals surface area contributed by atoms with Crippen molar-refractivity contribution in [2.24, 2.45) is 0 Å². The summed E-state index contributed by atoms with van der Waals surface area (Å²) in [5.74, 6) is 1.95. The van der Waals surface area contributed by atoms with Crippen molar-refractivity contribution in [3.05, 3.63) is 59.0 Å². The highest BCUT2D eigenvalue weighted by molar-refractivity contribution is 8.26. The summed E-state index contributed by atoms with van der Waals surface area (Å²) in [6, 6.07) is 15.0. The van der Waals surface area contributed by atoms with Crippen LogP contribution in [-0.4, -0.2) is 30.6 Å². The van der Waals surface area contributed by atoms with Gasteiger partial charge in [-0.3, -0.25) is 4.79 Å². The molecule has 3 rings (SSSR count). The van der Waals surface area contributed by atoms with E-state index in [0.717, 1.165) is 11.3 Å². The van der Waals surface area contributed by atoms with Crippen LogP contribution in [0.4, 0.5) is 0 Å². The van der Waals surface area contributed by atoms with Crippen molar-refractivity contribution >= 4 is 40.3 Å². The monoisotopic (exact) mass is 387 g/mol. The van der Waals surface area contributed by atoms with Crippen LogP contribution in [0.5, 0.6) is 17.2 Å². The second kappa shape index (κ2) is 8.73. The first kappa shape index (κ1) is 18.3. The Hall–Kier alpha value is -2.51. The number of nitrogens with one attached hydrogen (secondary N) is 1. The number of methoxy groups -OCH3 is 1. The van der Waals surface area contributed by atoms with E-state index in [1.165, 1.54) is 11.8 Å². The Kier molecular flexibility index (Phi) is 6.14. The molecule has 0 spiro atoms. The van der Waals surface area contributed by atoms with Crippen molar-refractivity contribution in [3.63, 3.8) is 0 Å². The molecule has 1 N–H and O–H groups in total. The van der Waals surface area contributed by atoms with E-state index >= 15 is 0 Å². The molecule has 0 unspecified atom stereocenters. The van der Waals surface area contributed by atoms with Gasteiger partial charge < -0.3 is 19.5 Å². The van der Waals surface area contributed by atoms with Crippen LogP contribution in [0.25, 0.3) is 6.08 Å². The molecule has 5 nitrogen and oxygen atoms in total. The number of hydrogen-bond acceptors (Lipinski definition) is 6. The number of amides is 1. The van der Waals surface area contributed by atoms with Crippen LogP contribution in [0, 0.1) is 0 Å². The van der Waals surface area contributed by atoms with Gasteiger partial charge in [0.25, 0.3) is 5.91 Å². The van der Waals surface area contributed by atoms with Gasteiger partial charge in [0.15, 0.2) is 11.5 Å². The van der Waals surface area contributed by atoms with Gasteiger partial charge in [0, 0.05) is 0 Å². The van der Waals surface area contributed by atoms with Gasteiger partial charge in [0.05, 0.1) is 12.0 Å². The molecule has 1 heterocycles. The zero-order valence-corrected chi connectivity index (χ0v) is 15.7. The summed E-state index contributed by atoms with van der Waals surface area (Å²) < 4.78 is 17.1. The highest BCUT2D eigenvalue weighted by atomic mass is 32.2. The van der Waals surface area contributed by atoms with E-state index in [1.807, 2.05) is 48.5 Å². The van der Waals surface area contributed by atoms with E-state index in [1.54, 1.807) is 13.2 Å². The van der Waals surface area contributed by atoms with Crippen molar-refractivity contribution < 1.29 is 19.0 Å². The van der Waals surface area contributed by atoms with Crippen molar-refractivity contribution in [2.45, 2.75) is 0 Å². The second-order valence-corrected chi connectivity index (χ2v) is 6.99. The molecule has 1 aliphatic heterocycles. The van der Waals surface area contributed by atoms with Crippen LogP contribution < -0.4 is 19.5 Å². The number of rotatable bonds is 7. The number of para-hydroxylation sites is 2. The standard InChI is InChI=1S/C19H17NO4S2/c1-22-15-4-2-3-5-16(15)24-11-10-23-14-8-6-13(7-9-14)12-17-18(21)20-19(25)26-17/h2-9,12H,10-11H2,1H3,(H,20,21,25). The van der Waals surface area contributed by atoms with E-state index in [9.17, 15) is 4.79 Å². The number of thiocarbonyl (C=S) groups is 1. The average Bonchev–Trinajstić information content (AvgIpc) is 2.97. The minimum atomic E-state index is -0.159. The van der Waals surface area contributed by atoms with Crippen molar-refractivity contribution in [1.82, 2.24) is 5.32 Å². The zero-order chi connectivity index (χ0) is 18.4. The maximum absolute atomic E-state index is 11.7. The first-order valence-electron chi connectivity index (χ1n) is 7.89. The molecule has 26 heavy (non-hydrogen) atoms. The number of hydrogen-bond donors (Lipinski definition) is 1. The SMILES string of the molecule is COc1ccccc1OCCOc1ccc(C=C2SC(=S)NC2=O)cc1. The molecule has 7 heteroatoms. The third-order valence-electron chi connectivity index (χ3n) is 3.50. The first-order valence-corrected chi connectivity index (χ1v) is 9.12. The maximum atomic E-state index is 11.7. The van der Waals surface area contributed by atoms with Crippen molar-refractivity contribution in [1.29, 1.82) is 0 Å². The first-order chi connectivity index (χ1) is 12.7. The molecule has 1 amide bonds. The zero-order valence-electron chi connectivity index (χ0n) is 14.1. The Morgan fingerprint density at radius 1 is 1.04 bits per heavy atom. The highest BCUT2D eigenvalue weighted by Gasteiger charge is 2.21. The molecule has 0 bridgehead atoms. The van der Waals surface area contributed by atoms with E-state index in [4.69, 9.17) is 26.4 Å². The number of ether oxygens (including phenoxy) is 3. The molecule has 0 aromatic heterocycles. The molecule has 2 aromatic carbocycles. The molecule has 0 saturated carbocycles. The van der Waals surface area contributed by atoms with Gasteiger partial charge >= 0.3 is 0 Å².